The van der Waals surface area contributed by atoms with E-state index < -0.39 is 0 Å². The molecule has 0 heterocycles. The van der Waals surface area contributed by atoms with Crippen LogP contribution in [0.3, 0.4) is 0 Å². The number of hydrogen-bond acceptors (Lipinski definition) is 3. The summed E-state index contributed by atoms with van der Waals surface area (Å²) >= 11 is 0. The third kappa shape index (κ3) is 3.26. The number of likely N-dealkylation sites (N-methyl/N-ethyl adjacent to an activating group) is 1. The second-order valence-corrected chi connectivity index (χ2v) is 4.97. The molecule has 1 aromatic carbocycles. The van der Waals surface area contributed by atoms with Gasteiger partial charge in [-0.15, -0.1) is 0 Å². The number of fused-ring (bicyclic) bond motifs is 1. The monoisotopic (exact) mass is 263 g/mol. The highest BCUT2D eigenvalue weighted by Gasteiger charge is 2.18. The number of aliphatic hydroxyl groups excluding tert-OH is 1. The second kappa shape index (κ2) is 6.06. The van der Waals surface area contributed by atoms with Crippen LogP contribution in [-0.2, 0) is 11.2 Å². The molecule has 104 valence electrons. The molecule has 2 rings (SSSR count). The Morgan fingerprint density at radius 1 is 1.53 bits per heavy atom. The first-order valence-electron chi connectivity index (χ1n) is 6.79. The number of ether oxygens (including phenoxy) is 1. The van der Waals surface area contributed by atoms with Crippen LogP contribution in [0.4, 0.5) is 0 Å². The van der Waals surface area contributed by atoms with E-state index >= 15 is 0 Å². The maximum atomic E-state index is 11.6. The number of nitrogens with zero attached hydrogens (tertiary/aromatic N) is 1. The number of rotatable bonds is 4. The summed E-state index contributed by atoms with van der Waals surface area (Å²) in [6.45, 7) is 2.67. The van der Waals surface area contributed by atoms with Crippen LogP contribution in [0.25, 0.3) is 0 Å². The van der Waals surface area contributed by atoms with E-state index in [1.54, 1.807) is 11.9 Å². The Morgan fingerprint density at radius 3 is 3.05 bits per heavy atom. The fourth-order valence-corrected chi connectivity index (χ4v) is 2.29. The zero-order chi connectivity index (χ0) is 13.8. The van der Waals surface area contributed by atoms with Crippen molar-refractivity contribution in [1.82, 2.24) is 4.90 Å². The average molecular weight is 263 g/mol. The van der Waals surface area contributed by atoms with Gasteiger partial charge in [0, 0.05) is 13.6 Å². The lowest BCUT2D eigenvalue weighted by atomic mass is 9.89. The molecule has 0 bridgehead atoms. The maximum Gasteiger partial charge on any atom is 0.260 e. The molecule has 0 radical (unpaired) electrons. The molecule has 1 aliphatic carbocycles. The summed E-state index contributed by atoms with van der Waals surface area (Å²) in [6.07, 6.45) is 2.43. The van der Waals surface area contributed by atoms with Gasteiger partial charge in [-0.25, -0.2) is 0 Å². The normalized spacial score (nSPS) is 17.7. The van der Waals surface area contributed by atoms with Gasteiger partial charge in [0.2, 0.25) is 0 Å². The predicted molar refractivity (Wildman–Crippen MR) is 73.1 cm³/mol. The van der Waals surface area contributed by atoms with E-state index in [9.17, 15) is 9.90 Å². The molecule has 1 N–H and O–H groups in total. The topological polar surface area (TPSA) is 49.8 Å². The fourth-order valence-electron chi connectivity index (χ4n) is 2.29. The number of carbonyl (C=O) groups excluding carboxylic acids is 1. The summed E-state index contributed by atoms with van der Waals surface area (Å²) in [5, 5.41) is 9.87. The number of aryl methyl sites for hydroxylation is 1. The standard InChI is InChI=1S/C15H21NO3/c1-3-16(2)15(18)10-19-12-7-8-13-11(9-12)5-4-6-14(13)17/h7-9,14,17H,3-6,10H2,1-2H3. The Labute approximate surface area is 114 Å². The lowest BCUT2D eigenvalue weighted by Crippen LogP contribution is -2.31. The highest BCUT2D eigenvalue weighted by molar-refractivity contribution is 5.77. The molecule has 0 aliphatic heterocycles. The smallest absolute Gasteiger partial charge is 0.260 e. The zero-order valence-corrected chi connectivity index (χ0v) is 11.6. The van der Waals surface area contributed by atoms with Crippen LogP contribution in [-0.4, -0.2) is 36.1 Å². The van der Waals surface area contributed by atoms with Gasteiger partial charge in [0.05, 0.1) is 6.10 Å². The minimum absolute atomic E-state index is 0.0275. The van der Waals surface area contributed by atoms with Gasteiger partial charge in [0.1, 0.15) is 5.75 Å². The van der Waals surface area contributed by atoms with Crippen molar-refractivity contribution in [1.29, 1.82) is 0 Å². The quantitative estimate of drug-likeness (QED) is 0.902. The number of carbonyl (C=O) groups is 1. The molecule has 0 saturated carbocycles. The largest absolute Gasteiger partial charge is 0.484 e. The first kappa shape index (κ1) is 13.9. The Hall–Kier alpha value is -1.55. The highest BCUT2D eigenvalue weighted by atomic mass is 16.5. The molecule has 0 fully saturated rings. The summed E-state index contributed by atoms with van der Waals surface area (Å²) in [6, 6.07) is 5.67. The predicted octanol–water partition coefficient (Wildman–Crippen LogP) is 1.91. The van der Waals surface area contributed by atoms with Crippen LogP contribution in [0.2, 0.25) is 0 Å². The second-order valence-electron chi connectivity index (χ2n) is 4.97. The first-order valence-corrected chi connectivity index (χ1v) is 6.79. The van der Waals surface area contributed by atoms with Crippen LogP contribution < -0.4 is 4.74 Å². The van der Waals surface area contributed by atoms with Gasteiger partial charge in [0.15, 0.2) is 6.61 Å². The molecule has 1 aromatic rings. The molecule has 1 unspecified atom stereocenters. The molecule has 19 heavy (non-hydrogen) atoms. The van der Waals surface area contributed by atoms with Crippen molar-refractivity contribution in [2.24, 2.45) is 0 Å². The van der Waals surface area contributed by atoms with Crippen LogP contribution in [0.1, 0.15) is 37.0 Å². The Bertz CT molecular complexity index is 459. The fraction of sp³-hybridized carbons (Fsp3) is 0.533. The minimum atomic E-state index is -0.356. The molecule has 1 amide bonds. The average Bonchev–Trinajstić information content (AvgIpc) is 2.44. The van der Waals surface area contributed by atoms with E-state index in [1.807, 2.05) is 25.1 Å². The van der Waals surface area contributed by atoms with Crippen molar-refractivity contribution < 1.29 is 14.6 Å². The van der Waals surface area contributed by atoms with E-state index in [4.69, 9.17) is 4.74 Å². The summed E-state index contributed by atoms with van der Waals surface area (Å²) in [7, 11) is 1.76. The molecule has 0 saturated heterocycles. The molecule has 4 heteroatoms. The summed E-state index contributed by atoms with van der Waals surface area (Å²) in [5.41, 5.74) is 2.13. The van der Waals surface area contributed by atoms with Gasteiger partial charge < -0.3 is 14.7 Å². The molecule has 1 aliphatic rings. The van der Waals surface area contributed by atoms with Crippen LogP contribution >= 0.6 is 0 Å². The zero-order valence-electron chi connectivity index (χ0n) is 11.6. The van der Waals surface area contributed by atoms with E-state index in [-0.39, 0.29) is 18.6 Å². The number of hydrogen-bond donors (Lipinski definition) is 1. The van der Waals surface area contributed by atoms with Crippen molar-refractivity contribution in [2.45, 2.75) is 32.3 Å². The third-order valence-corrected chi connectivity index (χ3v) is 3.66. The SMILES string of the molecule is CCN(C)C(=O)COc1ccc2c(c1)CCCC2O. The van der Waals surface area contributed by atoms with Crippen LogP contribution in [0.5, 0.6) is 5.75 Å². The summed E-state index contributed by atoms with van der Waals surface area (Å²) in [5.74, 6) is 0.672. The van der Waals surface area contributed by atoms with Gasteiger partial charge in [-0.2, -0.15) is 0 Å². The first-order chi connectivity index (χ1) is 9.11. The third-order valence-electron chi connectivity index (χ3n) is 3.66. The van der Waals surface area contributed by atoms with Crippen molar-refractivity contribution in [3.8, 4) is 5.75 Å². The maximum absolute atomic E-state index is 11.6. The van der Waals surface area contributed by atoms with E-state index in [1.165, 1.54) is 0 Å². The minimum Gasteiger partial charge on any atom is -0.484 e. The van der Waals surface area contributed by atoms with E-state index in [2.05, 4.69) is 0 Å². The Balaban J connectivity index is 2.01. The van der Waals surface area contributed by atoms with Crippen LogP contribution in [0, 0.1) is 0 Å². The summed E-state index contributed by atoms with van der Waals surface area (Å²) < 4.78 is 5.52. The molecule has 0 aromatic heterocycles. The molecular formula is C15H21NO3. The van der Waals surface area contributed by atoms with E-state index in [0.29, 0.717) is 12.3 Å². The Kier molecular flexibility index (Phi) is 4.43. The van der Waals surface area contributed by atoms with Crippen molar-refractivity contribution in [2.75, 3.05) is 20.2 Å². The highest BCUT2D eigenvalue weighted by Crippen LogP contribution is 2.31. The van der Waals surface area contributed by atoms with Crippen LogP contribution in [0.15, 0.2) is 18.2 Å². The summed E-state index contributed by atoms with van der Waals surface area (Å²) in [4.78, 5) is 13.3. The number of aliphatic hydroxyl groups is 1. The van der Waals surface area contributed by atoms with Gasteiger partial charge >= 0.3 is 0 Å². The van der Waals surface area contributed by atoms with Crippen molar-refractivity contribution in [3.63, 3.8) is 0 Å². The molecular weight excluding hydrogens is 242 g/mol. The molecule has 0 spiro atoms. The number of benzene rings is 1. The Morgan fingerprint density at radius 2 is 2.32 bits per heavy atom. The van der Waals surface area contributed by atoms with Gasteiger partial charge in [-0.1, -0.05) is 6.07 Å². The van der Waals surface area contributed by atoms with Gasteiger partial charge in [-0.05, 0) is 49.4 Å². The number of amides is 1. The van der Waals surface area contributed by atoms with Crippen molar-refractivity contribution in [3.05, 3.63) is 29.3 Å². The lowest BCUT2D eigenvalue weighted by molar-refractivity contribution is -0.131. The molecule has 1 atom stereocenters. The molecule has 4 nitrogen and oxygen atoms in total. The van der Waals surface area contributed by atoms with E-state index in [0.717, 1.165) is 30.4 Å². The lowest BCUT2D eigenvalue weighted by Gasteiger charge is -2.22. The van der Waals surface area contributed by atoms with Gasteiger partial charge in [0.25, 0.3) is 5.91 Å². The van der Waals surface area contributed by atoms with Crippen molar-refractivity contribution >= 4 is 5.91 Å². The van der Waals surface area contributed by atoms with Gasteiger partial charge in [-0.3, -0.25) is 4.79 Å².